The van der Waals surface area contributed by atoms with Gasteiger partial charge in [0.1, 0.15) is 0 Å². The van der Waals surface area contributed by atoms with Crippen molar-refractivity contribution in [2.75, 3.05) is 0 Å². The number of thiazole rings is 1. The molecule has 1 heterocycles. The average molecular weight is 180 g/mol. The zero-order valence-corrected chi connectivity index (χ0v) is 8.19. The van der Waals surface area contributed by atoms with Crippen LogP contribution in [0, 0.1) is 17.2 Å². The topological polar surface area (TPSA) is 36.7 Å². The SMILES string of the molecule is CC(C)Cc1nc(CC#N)cs1. The minimum atomic E-state index is 0.439. The van der Waals surface area contributed by atoms with Gasteiger partial charge in [-0.3, -0.25) is 0 Å². The van der Waals surface area contributed by atoms with Crippen LogP contribution in [0.15, 0.2) is 5.38 Å². The van der Waals surface area contributed by atoms with Gasteiger partial charge in [0.25, 0.3) is 0 Å². The van der Waals surface area contributed by atoms with E-state index >= 15 is 0 Å². The number of aromatic nitrogens is 1. The van der Waals surface area contributed by atoms with Crippen molar-refractivity contribution in [2.45, 2.75) is 26.7 Å². The minimum absolute atomic E-state index is 0.439. The Labute approximate surface area is 76.9 Å². The quantitative estimate of drug-likeness (QED) is 0.716. The van der Waals surface area contributed by atoms with Crippen molar-refractivity contribution in [1.82, 2.24) is 4.98 Å². The lowest BCUT2D eigenvalue weighted by molar-refractivity contribution is 0.643. The third kappa shape index (κ3) is 2.63. The van der Waals surface area contributed by atoms with Crippen molar-refractivity contribution in [3.8, 4) is 6.07 Å². The fraction of sp³-hybridized carbons (Fsp3) is 0.556. The molecule has 1 rings (SSSR count). The van der Waals surface area contributed by atoms with Crippen LogP contribution >= 0.6 is 11.3 Å². The molecule has 0 aliphatic rings. The van der Waals surface area contributed by atoms with Crippen molar-refractivity contribution in [3.05, 3.63) is 16.1 Å². The van der Waals surface area contributed by atoms with Gasteiger partial charge >= 0.3 is 0 Å². The highest BCUT2D eigenvalue weighted by atomic mass is 32.1. The monoisotopic (exact) mass is 180 g/mol. The number of hydrogen-bond donors (Lipinski definition) is 0. The molecule has 0 aliphatic heterocycles. The molecule has 0 spiro atoms. The van der Waals surface area contributed by atoms with Gasteiger partial charge in [0.15, 0.2) is 0 Å². The van der Waals surface area contributed by atoms with Crippen molar-refractivity contribution in [1.29, 1.82) is 5.26 Å². The Morgan fingerprint density at radius 1 is 1.67 bits per heavy atom. The Morgan fingerprint density at radius 2 is 2.42 bits per heavy atom. The summed E-state index contributed by atoms with van der Waals surface area (Å²) in [6, 6.07) is 2.09. The highest BCUT2D eigenvalue weighted by molar-refractivity contribution is 7.09. The molecule has 1 aromatic rings. The van der Waals surface area contributed by atoms with Gasteiger partial charge in [-0.25, -0.2) is 4.98 Å². The molecular weight excluding hydrogens is 168 g/mol. The second kappa shape index (κ2) is 4.22. The van der Waals surface area contributed by atoms with E-state index in [-0.39, 0.29) is 0 Å². The minimum Gasteiger partial charge on any atom is -0.245 e. The predicted octanol–water partition coefficient (Wildman–Crippen LogP) is 2.41. The second-order valence-electron chi connectivity index (χ2n) is 3.17. The standard InChI is InChI=1S/C9H12N2S/c1-7(2)5-9-11-8(3-4-10)6-12-9/h6-7H,3,5H2,1-2H3. The van der Waals surface area contributed by atoms with E-state index in [9.17, 15) is 0 Å². The van der Waals surface area contributed by atoms with Crippen LogP contribution in [-0.2, 0) is 12.8 Å². The molecule has 2 nitrogen and oxygen atoms in total. The summed E-state index contributed by atoms with van der Waals surface area (Å²) in [5.41, 5.74) is 0.915. The first-order chi connectivity index (χ1) is 5.72. The highest BCUT2D eigenvalue weighted by Gasteiger charge is 2.03. The molecule has 0 radical (unpaired) electrons. The van der Waals surface area contributed by atoms with E-state index in [1.54, 1.807) is 11.3 Å². The molecule has 0 unspecified atom stereocenters. The summed E-state index contributed by atoms with van der Waals surface area (Å²) < 4.78 is 0. The molecule has 0 aromatic carbocycles. The second-order valence-corrected chi connectivity index (χ2v) is 4.11. The lowest BCUT2D eigenvalue weighted by atomic mass is 10.1. The smallest absolute Gasteiger partial charge is 0.0931 e. The molecule has 12 heavy (non-hydrogen) atoms. The number of nitrogens with zero attached hydrogens (tertiary/aromatic N) is 2. The first-order valence-electron chi connectivity index (χ1n) is 4.02. The highest BCUT2D eigenvalue weighted by Crippen LogP contribution is 2.14. The average Bonchev–Trinajstić information content (AvgIpc) is 2.36. The van der Waals surface area contributed by atoms with Gasteiger partial charge in [-0.2, -0.15) is 5.26 Å². The van der Waals surface area contributed by atoms with E-state index in [0.29, 0.717) is 12.3 Å². The summed E-state index contributed by atoms with van der Waals surface area (Å²) in [5.74, 6) is 0.645. The maximum Gasteiger partial charge on any atom is 0.0931 e. The summed E-state index contributed by atoms with van der Waals surface area (Å²) >= 11 is 1.66. The van der Waals surface area contributed by atoms with Crippen LogP contribution in [0.4, 0.5) is 0 Å². The molecule has 0 amide bonds. The third-order valence-electron chi connectivity index (χ3n) is 1.44. The lowest BCUT2D eigenvalue weighted by Crippen LogP contribution is -1.93. The van der Waals surface area contributed by atoms with Gasteiger partial charge in [0, 0.05) is 11.8 Å². The lowest BCUT2D eigenvalue weighted by Gasteiger charge is -1.97. The zero-order valence-electron chi connectivity index (χ0n) is 7.37. The summed E-state index contributed by atoms with van der Waals surface area (Å²) in [7, 11) is 0. The summed E-state index contributed by atoms with van der Waals surface area (Å²) in [6.45, 7) is 4.34. The fourth-order valence-corrected chi connectivity index (χ4v) is 1.96. The third-order valence-corrected chi connectivity index (χ3v) is 2.36. The van der Waals surface area contributed by atoms with Gasteiger partial charge in [0.2, 0.25) is 0 Å². The Balaban J connectivity index is 2.59. The van der Waals surface area contributed by atoms with Crippen LogP contribution in [0.25, 0.3) is 0 Å². The number of rotatable bonds is 3. The Hall–Kier alpha value is -0.880. The summed E-state index contributed by atoms with van der Waals surface area (Å²) in [4.78, 5) is 4.34. The molecule has 0 saturated heterocycles. The van der Waals surface area contributed by atoms with Gasteiger partial charge < -0.3 is 0 Å². The fourth-order valence-electron chi connectivity index (χ4n) is 0.954. The molecule has 3 heteroatoms. The van der Waals surface area contributed by atoms with Gasteiger partial charge in [-0.15, -0.1) is 11.3 Å². The Morgan fingerprint density at radius 3 is 3.00 bits per heavy atom. The number of hydrogen-bond acceptors (Lipinski definition) is 3. The predicted molar refractivity (Wildman–Crippen MR) is 50.0 cm³/mol. The summed E-state index contributed by atoms with van der Waals surface area (Å²) in [5, 5.41) is 11.5. The molecule has 64 valence electrons. The van der Waals surface area contributed by atoms with Crippen molar-refractivity contribution in [3.63, 3.8) is 0 Å². The largest absolute Gasteiger partial charge is 0.245 e. The van der Waals surface area contributed by atoms with E-state index in [1.807, 2.05) is 5.38 Å². The maximum absolute atomic E-state index is 8.43. The van der Waals surface area contributed by atoms with Crippen LogP contribution in [0.5, 0.6) is 0 Å². The molecule has 1 aromatic heterocycles. The Kier molecular flexibility index (Phi) is 3.24. The van der Waals surface area contributed by atoms with E-state index < -0.39 is 0 Å². The van der Waals surface area contributed by atoms with E-state index in [2.05, 4.69) is 24.9 Å². The van der Waals surface area contributed by atoms with Crippen LogP contribution in [0.2, 0.25) is 0 Å². The Bertz CT molecular complexity index is 283. The van der Waals surface area contributed by atoms with Crippen molar-refractivity contribution >= 4 is 11.3 Å². The molecule has 0 aliphatic carbocycles. The van der Waals surface area contributed by atoms with Crippen LogP contribution in [-0.4, -0.2) is 4.98 Å². The summed E-state index contributed by atoms with van der Waals surface area (Å²) in [6.07, 6.45) is 1.46. The van der Waals surface area contributed by atoms with Crippen LogP contribution < -0.4 is 0 Å². The van der Waals surface area contributed by atoms with Gasteiger partial charge in [-0.1, -0.05) is 13.8 Å². The molecule has 0 bridgehead atoms. The van der Waals surface area contributed by atoms with Crippen LogP contribution in [0.3, 0.4) is 0 Å². The van der Waals surface area contributed by atoms with Crippen LogP contribution in [0.1, 0.15) is 24.5 Å². The molecule has 0 atom stereocenters. The van der Waals surface area contributed by atoms with Crippen molar-refractivity contribution in [2.24, 2.45) is 5.92 Å². The van der Waals surface area contributed by atoms with E-state index in [4.69, 9.17) is 5.26 Å². The maximum atomic E-state index is 8.43. The molecular formula is C9H12N2S. The first kappa shape index (κ1) is 9.21. The zero-order chi connectivity index (χ0) is 8.97. The van der Waals surface area contributed by atoms with E-state index in [1.165, 1.54) is 0 Å². The first-order valence-corrected chi connectivity index (χ1v) is 4.90. The van der Waals surface area contributed by atoms with Crippen molar-refractivity contribution < 1.29 is 0 Å². The van der Waals surface area contributed by atoms with E-state index in [0.717, 1.165) is 17.1 Å². The molecule has 0 N–H and O–H groups in total. The normalized spacial score (nSPS) is 10.2. The van der Waals surface area contributed by atoms with Gasteiger partial charge in [0.05, 0.1) is 23.2 Å². The molecule has 0 saturated carbocycles. The van der Waals surface area contributed by atoms with Gasteiger partial charge in [-0.05, 0) is 5.92 Å². The number of nitriles is 1. The molecule has 0 fully saturated rings.